The average molecular weight is 503 g/mol. The molecule has 5 fully saturated rings. The molecule has 5 aliphatic rings. The molecule has 11 atom stereocenters. The summed E-state index contributed by atoms with van der Waals surface area (Å²) in [7, 11) is 0. The molecule has 4 heteroatoms. The fourth-order valence-corrected chi connectivity index (χ4v) is 11.4. The van der Waals surface area contributed by atoms with E-state index >= 15 is 0 Å². The minimum Gasteiger partial charge on any atom is -0.462 e. The highest BCUT2D eigenvalue weighted by atomic mass is 16.6. The number of hydrogen-bond donors (Lipinski definition) is 1. The summed E-state index contributed by atoms with van der Waals surface area (Å²) in [5.41, 5.74) is -0.0977. The Balaban J connectivity index is 1.45. The van der Waals surface area contributed by atoms with Gasteiger partial charge in [0.2, 0.25) is 0 Å². The monoisotopic (exact) mass is 502 g/mol. The Morgan fingerprint density at radius 1 is 1.06 bits per heavy atom. The summed E-state index contributed by atoms with van der Waals surface area (Å²) in [6.07, 6.45) is 10.1. The molecule has 1 N–H and O–H groups in total. The van der Waals surface area contributed by atoms with Crippen molar-refractivity contribution in [2.24, 2.45) is 51.2 Å². The topological polar surface area (TPSA) is 59.1 Å². The van der Waals surface area contributed by atoms with Crippen LogP contribution in [-0.2, 0) is 14.3 Å². The minimum atomic E-state index is -0.328. The van der Waals surface area contributed by atoms with Crippen molar-refractivity contribution in [2.75, 3.05) is 0 Å². The fourth-order valence-electron chi connectivity index (χ4n) is 11.4. The summed E-state index contributed by atoms with van der Waals surface area (Å²) in [4.78, 5) is 11.9. The minimum absolute atomic E-state index is 0.00211. The van der Waals surface area contributed by atoms with E-state index in [1.54, 1.807) is 0 Å². The molecule has 0 bridgehead atoms. The smallest absolute Gasteiger partial charge is 0.302 e. The normalized spacial score (nSPS) is 51.5. The van der Waals surface area contributed by atoms with Gasteiger partial charge in [-0.2, -0.15) is 0 Å². The van der Waals surface area contributed by atoms with Crippen molar-refractivity contribution < 1.29 is 19.4 Å². The van der Waals surface area contributed by atoms with Crippen molar-refractivity contribution >= 4 is 5.97 Å². The highest BCUT2D eigenvalue weighted by molar-refractivity contribution is 5.66. The van der Waals surface area contributed by atoms with Crippen LogP contribution in [0.4, 0.5) is 0 Å². The van der Waals surface area contributed by atoms with E-state index in [0.29, 0.717) is 17.8 Å². The molecule has 1 spiro atoms. The van der Waals surface area contributed by atoms with Crippen LogP contribution in [0.5, 0.6) is 0 Å². The zero-order chi connectivity index (χ0) is 26.5. The van der Waals surface area contributed by atoms with E-state index in [1.807, 2.05) is 0 Å². The Hall–Kier alpha value is -0.610. The Kier molecular flexibility index (Phi) is 6.33. The van der Waals surface area contributed by atoms with Gasteiger partial charge in [-0.1, -0.05) is 74.7 Å². The van der Waals surface area contributed by atoms with Crippen LogP contribution in [0, 0.1) is 51.2 Å². The van der Waals surface area contributed by atoms with Gasteiger partial charge < -0.3 is 14.6 Å². The van der Waals surface area contributed by atoms with Crippen LogP contribution < -0.4 is 0 Å². The summed E-state index contributed by atoms with van der Waals surface area (Å²) < 4.78 is 12.8. The molecule has 1 aliphatic heterocycles. The van der Waals surface area contributed by atoms with Gasteiger partial charge in [-0.15, -0.1) is 0 Å². The van der Waals surface area contributed by atoms with Gasteiger partial charge >= 0.3 is 5.97 Å². The fraction of sp³-hybridized carbons (Fsp3) is 0.969. The quantitative estimate of drug-likeness (QED) is 0.309. The summed E-state index contributed by atoms with van der Waals surface area (Å²) in [6, 6.07) is 0. The number of carbonyl (C=O) groups excluding carboxylic acids is 1. The highest BCUT2D eigenvalue weighted by Gasteiger charge is 2.85. The van der Waals surface area contributed by atoms with Crippen molar-refractivity contribution in [2.45, 2.75) is 144 Å². The zero-order valence-corrected chi connectivity index (χ0v) is 24.7. The molecule has 206 valence electrons. The summed E-state index contributed by atoms with van der Waals surface area (Å²) in [5.74, 6) is 2.49. The predicted octanol–water partition coefficient (Wildman–Crippen LogP) is 7.17. The molecular weight excluding hydrogens is 448 g/mol. The molecule has 2 unspecified atom stereocenters. The van der Waals surface area contributed by atoms with E-state index in [2.05, 4.69) is 55.4 Å². The second kappa shape index (κ2) is 8.44. The largest absolute Gasteiger partial charge is 0.462 e. The Morgan fingerprint density at radius 2 is 1.75 bits per heavy atom. The standard InChI is InChI=1S/C32H54O4/c1-19(2)11-10-12-20(3)22-13-16-31(9)30(22,8)18-23(34)27-29(7)15-14-25(35-21(4)33)28(5,6)24(29)17-26-32(27,31)36-26/h19-20,22-27,34H,10-18H2,1-9H3/t20-,22-,23?,24+,25?,26+,27-,29+,30-,31-,32+/m1/s1. The van der Waals surface area contributed by atoms with Crippen molar-refractivity contribution in [3.63, 3.8) is 0 Å². The predicted molar refractivity (Wildman–Crippen MR) is 143 cm³/mol. The summed E-state index contributed by atoms with van der Waals surface area (Å²) in [5, 5.41) is 12.1. The number of aliphatic hydroxyl groups excluding tert-OH is 1. The van der Waals surface area contributed by atoms with Crippen LogP contribution >= 0.6 is 0 Å². The maximum Gasteiger partial charge on any atom is 0.302 e. The van der Waals surface area contributed by atoms with Crippen molar-refractivity contribution in [3.8, 4) is 0 Å². The molecule has 4 saturated carbocycles. The van der Waals surface area contributed by atoms with Gasteiger partial charge in [-0.3, -0.25) is 4.79 Å². The van der Waals surface area contributed by atoms with Crippen LogP contribution in [-0.4, -0.2) is 35.0 Å². The molecule has 36 heavy (non-hydrogen) atoms. The third-order valence-corrected chi connectivity index (χ3v) is 13.2. The summed E-state index contributed by atoms with van der Waals surface area (Å²) >= 11 is 0. The van der Waals surface area contributed by atoms with Crippen LogP contribution in [0.2, 0.25) is 0 Å². The second-order valence-electron chi connectivity index (χ2n) is 15.6. The lowest BCUT2D eigenvalue weighted by Gasteiger charge is -2.67. The van der Waals surface area contributed by atoms with E-state index < -0.39 is 0 Å². The average Bonchev–Trinajstić information content (AvgIpc) is 3.41. The number of carbonyl (C=O) groups is 1. The van der Waals surface area contributed by atoms with Gasteiger partial charge in [0.15, 0.2) is 0 Å². The van der Waals surface area contributed by atoms with Crippen molar-refractivity contribution in [1.29, 1.82) is 0 Å². The van der Waals surface area contributed by atoms with Gasteiger partial charge in [0.25, 0.3) is 0 Å². The SMILES string of the molecule is CC(=O)OC1CC[C@]2(C)[C@H]3C(O)C[C@]4(C)[C@@H]([C@H](C)CCCC(C)C)CC[C@@]4(C)[C@@]34O[C@H]4C[C@H]2C1(C)C. The third kappa shape index (κ3) is 3.41. The lowest BCUT2D eigenvalue weighted by atomic mass is 9.37. The number of ether oxygens (including phenoxy) is 2. The number of aliphatic hydroxyl groups is 1. The molecule has 1 heterocycles. The number of fused-ring (bicyclic) bond motifs is 3. The highest BCUT2D eigenvalue weighted by Crippen LogP contribution is 2.81. The molecule has 0 amide bonds. The molecule has 0 aromatic carbocycles. The molecule has 0 radical (unpaired) electrons. The van der Waals surface area contributed by atoms with Crippen LogP contribution in [0.3, 0.4) is 0 Å². The molecule has 5 rings (SSSR count). The number of esters is 1. The number of epoxide rings is 1. The van der Waals surface area contributed by atoms with Crippen LogP contribution in [0.25, 0.3) is 0 Å². The van der Waals surface area contributed by atoms with Crippen LogP contribution in [0.1, 0.15) is 120 Å². The number of rotatable bonds is 6. The van der Waals surface area contributed by atoms with E-state index in [9.17, 15) is 9.90 Å². The zero-order valence-electron chi connectivity index (χ0n) is 24.7. The first kappa shape index (κ1) is 27.0. The van der Waals surface area contributed by atoms with Gasteiger partial charge in [0.05, 0.1) is 12.2 Å². The van der Waals surface area contributed by atoms with Crippen molar-refractivity contribution in [1.82, 2.24) is 0 Å². The Bertz CT molecular complexity index is 881. The first-order chi connectivity index (χ1) is 16.6. The lowest BCUT2D eigenvalue weighted by Crippen LogP contribution is -2.70. The van der Waals surface area contributed by atoms with Crippen molar-refractivity contribution in [3.05, 3.63) is 0 Å². The van der Waals surface area contributed by atoms with Gasteiger partial charge in [0, 0.05) is 23.7 Å². The molecular formula is C32H54O4. The first-order valence-electron chi connectivity index (χ1n) is 15.2. The molecule has 4 aliphatic carbocycles. The second-order valence-corrected chi connectivity index (χ2v) is 15.6. The number of hydrogen-bond acceptors (Lipinski definition) is 4. The Labute approximate surface area is 220 Å². The molecule has 0 aromatic heterocycles. The van der Waals surface area contributed by atoms with Gasteiger partial charge in [-0.05, 0) is 73.0 Å². The molecule has 0 aromatic rings. The lowest BCUT2D eigenvalue weighted by molar-refractivity contribution is -0.228. The summed E-state index contributed by atoms with van der Waals surface area (Å²) in [6.45, 7) is 20.8. The van der Waals surface area contributed by atoms with Gasteiger partial charge in [-0.25, -0.2) is 0 Å². The van der Waals surface area contributed by atoms with Gasteiger partial charge in [0.1, 0.15) is 11.7 Å². The van der Waals surface area contributed by atoms with E-state index in [0.717, 1.165) is 31.6 Å². The third-order valence-electron chi connectivity index (χ3n) is 13.2. The van der Waals surface area contributed by atoms with E-state index in [1.165, 1.54) is 39.0 Å². The first-order valence-corrected chi connectivity index (χ1v) is 15.2. The Morgan fingerprint density at radius 3 is 2.39 bits per heavy atom. The maximum atomic E-state index is 12.1. The van der Waals surface area contributed by atoms with Crippen LogP contribution in [0.15, 0.2) is 0 Å². The molecule has 1 saturated heterocycles. The maximum absolute atomic E-state index is 12.1. The van der Waals surface area contributed by atoms with E-state index in [4.69, 9.17) is 9.47 Å². The van der Waals surface area contributed by atoms with E-state index in [-0.39, 0.29) is 57.5 Å². The molecule has 4 nitrogen and oxygen atoms in total.